The van der Waals surface area contributed by atoms with Crippen LogP contribution in [-0.4, -0.2) is 24.3 Å². The Hall–Kier alpha value is -2.28. The maximum absolute atomic E-state index is 12.4. The molecule has 0 saturated carbocycles. The Balaban J connectivity index is 2.13. The van der Waals surface area contributed by atoms with Gasteiger partial charge in [0.05, 0.1) is 12.1 Å². The van der Waals surface area contributed by atoms with Gasteiger partial charge < -0.3 is 18.8 Å². The van der Waals surface area contributed by atoms with Crippen LogP contribution in [0.2, 0.25) is 5.02 Å². The third-order valence-electron chi connectivity index (χ3n) is 3.02. The van der Waals surface area contributed by atoms with Crippen molar-refractivity contribution in [1.29, 1.82) is 0 Å². The molecular weight excluding hydrogens is 332 g/mol. The van der Waals surface area contributed by atoms with E-state index in [2.05, 4.69) is 4.74 Å². The molecule has 1 aromatic heterocycles. The van der Waals surface area contributed by atoms with E-state index in [1.165, 1.54) is 19.2 Å². The van der Waals surface area contributed by atoms with E-state index in [-0.39, 0.29) is 23.1 Å². The minimum atomic E-state index is -3.03. The number of esters is 1. The molecular formula is C15H14ClF2NO4. The first-order valence-corrected chi connectivity index (χ1v) is 6.90. The number of alkyl halides is 2. The highest BCUT2D eigenvalue weighted by Gasteiger charge is 2.17. The summed E-state index contributed by atoms with van der Waals surface area (Å²) in [7, 11) is 3.01. The lowest BCUT2D eigenvalue weighted by atomic mass is 10.2. The average molecular weight is 346 g/mol. The van der Waals surface area contributed by atoms with Crippen LogP contribution in [0.3, 0.4) is 0 Å². The molecule has 0 fully saturated rings. The van der Waals surface area contributed by atoms with Crippen molar-refractivity contribution in [1.82, 2.24) is 4.57 Å². The van der Waals surface area contributed by atoms with Gasteiger partial charge >= 0.3 is 12.6 Å². The van der Waals surface area contributed by atoms with Crippen LogP contribution in [0.25, 0.3) is 0 Å². The second kappa shape index (κ2) is 7.32. The SMILES string of the molecule is COc1cc(COC(=O)c2cccn2C)cc(Cl)c1OC(F)F. The summed E-state index contributed by atoms with van der Waals surface area (Å²) in [5.74, 6) is -0.745. The Morgan fingerprint density at radius 1 is 1.39 bits per heavy atom. The number of methoxy groups -OCH3 is 1. The van der Waals surface area contributed by atoms with Crippen molar-refractivity contribution in [3.8, 4) is 11.5 Å². The summed E-state index contributed by atoms with van der Waals surface area (Å²) >= 11 is 5.91. The number of benzene rings is 1. The molecule has 0 aliphatic rings. The minimum absolute atomic E-state index is 0.0303. The molecule has 23 heavy (non-hydrogen) atoms. The van der Waals surface area contributed by atoms with Crippen molar-refractivity contribution in [2.24, 2.45) is 7.05 Å². The van der Waals surface area contributed by atoms with Crippen LogP contribution in [-0.2, 0) is 18.4 Å². The molecule has 0 atom stereocenters. The highest BCUT2D eigenvalue weighted by molar-refractivity contribution is 6.32. The monoisotopic (exact) mass is 345 g/mol. The van der Waals surface area contributed by atoms with Crippen LogP contribution in [0.15, 0.2) is 30.5 Å². The zero-order valence-electron chi connectivity index (χ0n) is 12.4. The predicted molar refractivity (Wildman–Crippen MR) is 79.2 cm³/mol. The third-order valence-corrected chi connectivity index (χ3v) is 3.30. The topological polar surface area (TPSA) is 49.7 Å². The van der Waals surface area contributed by atoms with Crippen LogP contribution in [0.4, 0.5) is 8.78 Å². The van der Waals surface area contributed by atoms with Crippen molar-refractivity contribution in [3.05, 3.63) is 46.7 Å². The van der Waals surface area contributed by atoms with Crippen LogP contribution in [0.5, 0.6) is 11.5 Å². The molecule has 2 aromatic rings. The van der Waals surface area contributed by atoms with E-state index in [1.807, 2.05) is 0 Å². The lowest BCUT2D eigenvalue weighted by molar-refractivity contribution is -0.0511. The van der Waals surface area contributed by atoms with Crippen LogP contribution in [0.1, 0.15) is 16.1 Å². The third kappa shape index (κ3) is 4.13. The summed E-state index contributed by atoms with van der Waals surface area (Å²) in [6, 6.07) is 6.13. The Kier molecular flexibility index (Phi) is 5.44. The smallest absolute Gasteiger partial charge is 0.387 e. The van der Waals surface area contributed by atoms with Crippen LogP contribution >= 0.6 is 11.6 Å². The Bertz CT molecular complexity index is 703. The molecule has 5 nitrogen and oxygen atoms in total. The van der Waals surface area contributed by atoms with Gasteiger partial charge in [-0.25, -0.2) is 4.79 Å². The quantitative estimate of drug-likeness (QED) is 0.750. The van der Waals surface area contributed by atoms with Crippen molar-refractivity contribution < 1.29 is 27.8 Å². The van der Waals surface area contributed by atoms with Gasteiger partial charge in [0.1, 0.15) is 12.3 Å². The van der Waals surface area contributed by atoms with Crippen molar-refractivity contribution in [2.75, 3.05) is 7.11 Å². The number of carbonyl (C=O) groups is 1. The van der Waals surface area contributed by atoms with Gasteiger partial charge in [0.25, 0.3) is 0 Å². The minimum Gasteiger partial charge on any atom is -0.493 e. The molecule has 8 heteroatoms. The van der Waals surface area contributed by atoms with E-state index in [0.29, 0.717) is 11.3 Å². The predicted octanol–water partition coefficient (Wildman–Crippen LogP) is 3.65. The van der Waals surface area contributed by atoms with Crippen molar-refractivity contribution in [3.63, 3.8) is 0 Å². The van der Waals surface area contributed by atoms with E-state index in [9.17, 15) is 13.6 Å². The summed E-state index contributed by atoms with van der Waals surface area (Å²) in [6.07, 6.45) is 1.72. The number of hydrogen-bond donors (Lipinski definition) is 0. The number of hydrogen-bond acceptors (Lipinski definition) is 4. The summed E-state index contributed by atoms with van der Waals surface area (Å²) in [4.78, 5) is 11.9. The molecule has 0 unspecified atom stereocenters. The highest BCUT2D eigenvalue weighted by atomic mass is 35.5. The van der Waals surface area contributed by atoms with E-state index in [4.69, 9.17) is 21.1 Å². The first-order chi connectivity index (χ1) is 10.9. The van der Waals surface area contributed by atoms with Gasteiger partial charge in [-0.2, -0.15) is 8.78 Å². The fourth-order valence-electron chi connectivity index (χ4n) is 1.96. The zero-order chi connectivity index (χ0) is 17.0. The summed E-state index contributed by atoms with van der Waals surface area (Å²) in [5, 5.41) is -0.0606. The standard InChI is InChI=1S/C15H14ClF2NO4/c1-19-5-3-4-11(19)14(20)22-8-9-6-10(16)13(23-15(17)18)12(7-9)21-2/h3-7,15H,8H2,1-2H3. The molecule has 0 bridgehead atoms. The number of aryl methyl sites for hydroxylation is 1. The molecule has 0 N–H and O–H groups in total. The van der Waals surface area contributed by atoms with E-state index < -0.39 is 12.6 Å². The first-order valence-electron chi connectivity index (χ1n) is 6.52. The number of aromatic nitrogens is 1. The Morgan fingerprint density at radius 2 is 2.13 bits per heavy atom. The molecule has 0 radical (unpaired) electrons. The molecule has 0 saturated heterocycles. The lowest BCUT2D eigenvalue weighted by Crippen LogP contribution is -2.10. The second-order valence-electron chi connectivity index (χ2n) is 4.57. The maximum Gasteiger partial charge on any atom is 0.387 e. The zero-order valence-corrected chi connectivity index (χ0v) is 13.1. The van der Waals surface area contributed by atoms with Gasteiger partial charge in [-0.05, 0) is 29.8 Å². The van der Waals surface area contributed by atoms with Crippen LogP contribution in [0, 0.1) is 0 Å². The van der Waals surface area contributed by atoms with Gasteiger partial charge in [-0.1, -0.05) is 11.6 Å². The molecule has 0 aliphatic heterocycles. The van der Waals surface area contributed by atoms with Gasteiger partial charge in [0.2, 0.25) is 0 Å². The van der Waals surface area contributed by atoms with Gasteiger partial charge in [-0.15, -0.1) is 0 Å². The number of carbonyl (C=O) groups excluding carboxylic acids is 1. The number of halogens is 3. The number of ether oxygens (including phenoxy) is 3. The maximum atomic E-state index is 12.4. The van der Waals surface area contributed by atoms with E-state index in [0.717, 1.165) is 0 Å². The fourth-order valence-corrected chi connectivity index (χ4v) is 2.23. The Morgan fingerprint density at radius 3 is 2.70 bits per heavy atom. The van der Waals surface area contributed by atoms with Crippen LogP contribution < -0.4 is 9.47 Å². The normalized spacial score (nSPS) is 10.7. The summed E-state index contributed by atoms with van der Waals surface area (Å²) in [6.45, 7) is -3.11. The van der Waals surface area contributed by atoms with Gasteiger partial charge in [0.15, 0.2) is 11.5 Å². The van der Waals surface area contributed by atoms with Crippen molar-refractivity contribution >= 4 is 17.6 Å². The van der Waals surface area contributed by atoms with Crippen molar-refractivity contribution in [2.45, 2.75) is 13.2 Å². The van der Waals surface area contributed by atoms with E-state index in [1.54, 1.807) is 29.9 Å². The average Bonchev–Trinajstić information content (AvgIpc) is 2.92. The Labute approximate surface area is 136 Å². The first kappa shape index (κ1) is 17.1. The summed E-state index contributed by atoms with van der Waals surface area (Å²) in [5.41, 5.74) is 0.872. The highest BCUT2D eigenvalue weighted by Crippen LogP contribution is 2.37. The summed E-state index contributed by atoms with van der Waals surface area (Å²) < 4.78 is 40.8. The second-order valence-corrected chi connectivity index (χ2v) is 4.98. The molecule has 1 aromatic carbocycles. The van der Waals surface area contributed by atoms with Gasteiger partial charge in [0, 0.05) is 13.2 Å². The van der Waals surface area contributed by atoms with Gasteiger partial charge in [-0.3, -0.25) is 0 Å². The number of rotatable bonds is 6. The van der Waals surface area contributed by atoms with E-state index >= 15 is 0 Å². The molecule has 2 rings (SSSR count). The molecule has 1 heterocycles. The molecule has 124 valence electrons. The molecule has 0 aliphatic carbocycles. The lowest BCUT2D eigenvalue weighted by Gasteiger charge is -2.13. The molecule has 0 spiro atoms. The molecule has 0 amide bonds. The largest absolute Gasteiger partial charge is 0.493 e. The fraction of sp³-hybridized carbons (Fsp3) is 0.267. The number of nitrogens with zero attached hydrogens (tertiary/aromatic N) is 1.